The molecule has 1 aliphatic rings. The highest BCUT2D eigenvalue weighted by molar-refractivity contribution is 6.31. The van der Waals surface area contributed by atoms with Gasteiger partial charge in [0.1, 0.15) is 5.38 Å². The molecule has 1 rings (SSSR count). The summed E-state index contributed by atoms with van der Waals surface area (Å²) in [6.07, 6.45) is 4.62. The van der Waals surface area contributed by atoms with Gasteiger partial charge in [-0.3, -0.25) is 4.79 Å². The summed E-state index contributed by atoms with van der Waals surface area (Å²) >= 11 is 6.19. The second kappa shape index (κ2) is 5.74. The molecule has 0 bridgehead atoms. The van der Waals surface area contributed by atoms with Crippen molar-refractivity contribution < 1.29 is 4.79 Å². The van der Waals surface area contributed by atoms with Crippen molar-refractivity contribution in [3.63, 3.8) is 0 Å². The molecule has 2 nitrogen and oxygen atoms in total. The standard InChI is InChI=1S/C12H22ClNO/c1-8(2)14-12(15)11(13)10-6-4-9(3)5-7-10/h8-11H,4-7H2,1-3H3,(H,14,15). The number of rotatable bonds is 3. The Morgan fingerprint density at radius 3 is 2.27 bits per heavy atom. The minimum absolute atomic E-state index is 0.00576. The van der Waals surface area contributed by atoms with Crippen molar-refractivity contribution in [2.75, 3.05) is 0 Å². The Morgan fingerprint density at radius 1 is 1.27 bits per heavy atom. The number of hydrogen-bond acceptors (Lipinski definition) is 1. The number of alkyl halides is 1. The number of amides is 1. The molecule has 0 radical (unpaired) electrons. The van der Waals surface area contributed by atoms with Gasteiger partial charge in [0.05, 0.1) is 0 Å². The van der Waals surface area contributed by atoms with Gasteiger partial charge in [0.15, 0.2) is 0 Å². The predicted octanol–water partition coefficient (Wildman–Crippen LogP) is 2.94. The Morgan fingerprint density at radius 2 is 1.80 bits per heavy atom. The van der Waals surface area contributed by atoms with Gasteiger partial charge in [-0.1, -0.05) is 19.8 Å². The third-order valence-electron chi connectivity index (χ3n) is 3.16. The van der Waals surface area contributed by atoms with Crippen LogP contribution in [0.2, 0.25) is 0 Å². The topological polar surface area (TPSA) is 29.1 Å². The molecular formula is C12H22ClNO. The highest BCUT2D eigenvalue weighted by Crippen LogP contribution is 2.32. The molecule has 1 aliphatic carbocycles. The van der Waals surface area contributed by atoms with Crippen LogP contribution >= 0.6 is 11.6 Å². The van der Waals surface area contributed by atoms with Gasteiger partial charge in [0, 0.05) is 6.04 Å². The second-order valence-corrected chi connectivity index (χ2v) is 5.56. The van der Waals surface area contributed by atoms with E-state index in [1.807, 2.05) is 13.8 Å². The summed E-state index contributed by atoms with van der Waals surface area (Å²) in [4.78, 5) is 11.7. The monoisotopic (exact) mass is 231 g/mol. The summed E-state index contributed by atoms with van der Waals surface area (Å²) < 4.78 is 0. The lowest BCUT2D eigenvalue weighted by atomic mass is 9.81. The van der Waals surface area contributed by atoms with Crippen LogP contribution in [0.1, 0.15) is 46.5 Å². The highest BCUT2D eigenvalue weighted by Gasteiger charge is 2.29. The van der Waals surface area contributed by atoms with Crippen LogP contribution in [0.25, 0.3) is 0 Å². The van der Waals surface area contributed by atoms with Crippen LogP contribution in [0.4, 0.5) is 0 Å². The van der Waals surface area contributed by atoms with Crippen molar-refractivity contribution in [3.8, 4) is 0 Å². The smallest absolute Gasteiger partial charge is 0.238 e. The van der Waals surface area contributed by atoms with Crippen LogP contribution in [-0.2, 0) is 4.79 Å². The fourth-order valence-corrected chi connectivity index (χ4v) is 2.47. The maximum atomic E-state index is 11.7. The van der Waals surface area contributed by atoms with Gasteiger partial charge in [0.2, 0.25) is 5.91 Å². The van der Waals surface area contributed by atoms with E-state index in [9.17, 15) is 4.79 Å². The lowest BCUT2D eigenvalue weighted by Crippen LogP contribution is -2.40. The van der Waals surface area contributed by atoms with E-state index in [1.165, 1.54) is 12.8 Å². The van der Waals surface area contributed by atoms with E-state index >= 15 is 0 Å². The van der Waals surface area contributed by atoms with Crippen molar-refractivity contribution in [1.82, 2.24) is 5.32 Å². The molecule has 15 heavy (non-hydrogen) atoms. The molecule has 1 N–H and O–H groups in total. The molecule has 0 aromatic carbocycles. The average Bonchev–Trinajstić information content (AvgIpc) is 2.17. The summed E-state index contributed by atoms with van der Waals surface area (Å²) in [5.74, 6) is 1.19. The number of halogens is 1. The number of nitrogens with one attached hydrogen (secondary N) is 1. The second-order valence-electron chi connectivity index (χ2n) is 5.09. The Balaban J connectivity index is 2.39. The van der Waals surface area contributed by atoms with Crippen LogP contribution in [0, 0.1) is 11.8 Å². The number of hydrogen-bond donors (Lipinski definition) is 1. The first-order chi connectivity index (χ1) is 7.00. The first-order valence-electron chi connectivity index (χ1n) is 5.95. The van der Waals surface area contributed by atoms with Crippen molar-refractivity contribution in [1.29, 1.82) is 0 Å². The van der Waals surface area contributed by atoms with Crippen LogP contribution < -0.4 is 5.32 Å². The van der Waals surface area contributed by atoms with Crippen molar-refractivity contribution in [2.24, 2.45) is 11.8 Å². The van der Waals surface area contributed by atoms with Gasteiger partial charge in [0.25, 0.3) is 0 Å². The molecule has 1 fully saturated rings. The molecule has 0 aromatic rings. The maximum absolute atomic E-state index is 11.7. The van der Waals surface area contributed by atoms with Gasteiger partial charge < -0.3 is 5.32 Å². The molecule has 88 valence electrons. The molecule has 1 amide bonds. The zero-order valence-electron chi connectivity index (χ0n) is 9.92. The number of carbonyl (C=O) groups excluding carboxylic acids is 1. The molecule has 1 saturated carbocycles. The van der Waals surface area contributed by atoms with E-state index in [1.54, 1.807) is 0 Å². The summed E-state index contributed by atoms with van der Waals surface area (Å²) in [5, 5.41) is 2.55. The Hall–Kier alpha value is -0.240. The number of carbonyl (C=O) groups is 1. The lowest BCUT2D eigenvalue weighted by molar-refractivity contribution is -0.122. The summed E-state index contributed by atoms with van der Waals surface area (Å²) in [5.41, 5.74) is 0. The van der Waals surface area contributed by atoms with Crippen molar-refractivity contribution in [3.05, 3.63) is 0 Å². The fraction of sp³-hybridized carbons (Fsp3) is 0.917. The minimum Gasteiger partial charge on any atom is -0.353 e. The molecule has 0 aromatic heterocycles. The van der Waals surface area contributed by atoms with E-state index in [0.29, 0.717) is 5.92 Å². The molecule has 1 atom stereocenters. The molecule has 0 saturated heterocycles. The predicted molar refractivity (Wildman–Crippen MR) is 64.0 cm³/mol. The first-order valence-corrected chi connectivity index (χ1v) is 6.38. The molecular weight excluding hydrogens is 210 g/mol. The Kier molecular flexibility index (Phi) is 4.91. The Bertz CT molecular complexity index is 210. The zero-order valence-corrected chi connectivity index (χ0v) is 10.7. The van der Waals surface area contributed by atoms with Gasteiger partial charge in [-0.2, -0.15) is 0 Å². The summed E-state index contributed by atoms with van der Waals surface area (Å²) in [7, 11) is 0. The SMILES string of the molecule is CC1CCC(C(Cl)C(=O)NC(C)C)CC1. The maximum Gasteiger partial charge on any atom is 0.238 e. The van der Waals surface area contributed by atoms with Gasteiger partial charge in [-0.25, -0.2) is 0 Å². The van der Waals surface area contributed by atoms with Crippen LogP contribution in [-0.4, -0.2) is 17.3 Å². The van der Waals surface area contributed by atoms with Crippen LogP contribution in [0.5, 0.6) is 0 Å². The average molecular weight is 232 g/mol. The van der Waals surface area contributed by atoms with Crippen molar-refractivity contribution in [2.45, 2.75) is 57.9 Å². The van der Waals surface area contributed by atoms with Crippen LogP contribution in [0.3, 0.4) is 0 Å². The zero-order chi connectivity index (χ0) is 11.4. The normalized spacial score (nSPS) is 28.9. The quantitative estimate of drug-likeness (QED) is 0.744. The molecule has 0 aliphatic heterocycles. The van der Waals surface area contributed by atoms with E-state index < -0.39 is 0 Å². The lowest BCUT2D eigenvalue weighted by Gasteiger charge is -2.29. The largest absolute Gasteiger partial charge is 0.353 e. The van der Waals surface area contributed by atoms with Gasteiger partial charge >= 0.3 is 0 Å². The van der Waals surface area contributed by atoms with E-state index in [4.69, 9.17) is 11.6 Å². The molecule has 0 spiro atoms. The third kappa shape index (κ3) is 4.02. The van der Waals surface area contributed by atoms with Gasteiger partial charge in [-0.05, 0) is 38.5 Å². The first kappa shape index (κ1) is 12.8. The van der Waals surface area contributed by atoms with Gasteiger partial charge in [-0.15, -0.1) is 11.6 Å². The molecule has 1 unspecified atom stereocenters. The molecule has 0 heterocycles. The summed E-state index contributed by atoms with van der Waals surface area (Å²) in [6, 6.07) is 0.182. The van der Waals surface area contributed by atoms with E-state index in [0.717, 1.165) is 18.8 Å². The molecule has 3 heteroatoms. The third-order valence-corrected chi connectivity index (χ3v) is 3.71. The van der Waals surface area contributed by atoms with Crippen molar-refractivity contribution >= 4 is 17.5 Å². The Labute approximate surface area is 97.8 Å². The van der Waals surface area contributed by atoms with E-state index in [-0.39, 0.29) is 17.3 Å². The van der Waals surface area contributed by atoms with E-state index in [2.05, 4.69) is 12.2 Å². The minimum atomic E-state index is -0.333. The van der Waals surface area contributed by atoms with Crippen LogP contribution in [0.15, 0.2) is 0 Å². The fourth-order valence-electron chi connectivity index (χ4n) is 2.16. The highest BCUT2D eigenvalue weighted by atomic mass is 35.5. The summed E-state index contributed by atoms with van der Waals surface area (Å²) in [6.45, 7) is 6.20.